The Morgan fingerprint density at radius 3 is 2.62 bits per heavy atom. The standard InChI is InChI=1S/C13H23N6O4P/c1-4-18(5-2)11-10-12(17-13(14)16-11)19(7-15-10)6-9(3)23-8-24(20,21)22/h7,9H,4-6,8H2,1-3H3,(H2,14,16,17)(H2,20,21,22). The first-order chi connectivity index (χ1) is 11.2. The van der Waals surface area contributed by atoms with Crippen LogP contribution in [0.4, 0.5) is 11.8 Å². The molecule has 0 aliphatic heterocycles. The Balaban J connectivity index is 2.28. The SMILES string of the molecule is CCN(CC)c1nc(N)nc2c1ncn2CC(C)OCP(=O)(O)O. The number of aromatic nitrogens is 4. The minimum Gasteiger partial charge on any atom is -0.368 e. The van der Waals surface area contributed by atoms with E-state index in [0.717, 1.165) is 13.1 Å². The number of nitrogens with zero attached hydrogens (tertiary/aromatic N) is 5. The van der Waals surface area contributed by atoms with Gasteiger partial charge in [-0.2, -0.15) is 9.97 Å². The van der Waals surface area contributed by atoms with Crippen LogP contribution in [0.3, 0.4) is 0 Å². The zero-order chi connectivity index (χ0) is 17.9. The number of hydrogen-bond donors (Lipinski definition) is 3. The maximum absolute atomic E-state index is 10.9. The summed E-state index contributed by atoms with van der Waals surface area (Å²) in [5.41, 5.74) is 7.02. The summed E-state index contributed by atoms with van der Waals surface area (Å²) in [6.07, 6.45) is 0.550. The highest BCUT2D eigenvalue weighted by atomic mass is 31.2. The third-order valence-electron chi connectivity index (χ3n) is 3.51. The van der Waals surface area contributed by atoms with E-state index in [1.165, 1.54) is 0 Å². The van der Waals surface area contributed by atoms with E-state index < -0.39 is 20.0 Å². The van der Waals surface area contributed by atoms with Gasteiger partial charge in [-0.15, -0.1) is 0 Å². The van der Waals surface area contributed by atoms with E-state index in [0.29, 0.717) is 23.5 Å². The van der Waals surface area contributed by atoms with Crippen LogP contribution in [0.5, 0.6) is 0 Å². The zero-order valence-electron chi connectivity index (χ0n) is 14.0. The summed E-state index contributed by atoms with van der Waals surface area (Å²) in [5, 5.41) is 0. The predicted octanol–water partition coefficient (Wildman–Crippen LogP) is 0.795. The molecule has 11 heteroatoms. The molecular weight excluding hydrogens is 335 g/mol. The Hall–Kier alpha value is -1.74. The molecule has 0 radical (unpaired) electrons. The largest absolute Gasteiger partial charge is 0.368 e. The van der Waals surface area contributed by atoms with Crippen LogP contribution in [0.2, 0.25) is 0 Å². The second kappa shape index (κ2) is 7.43. The average molecular weight is 358 g/mol. The molecule has 0 saturated heterocycles. The minimum atomic E-state index is -4.19. The van der Waals surface area contributed by atoms with Crippen LogP contribution < -0.4 is 10.6 Å². The lowest BCUT2D eigenvalue weighted by atomic mass is 10.4. The van der Waals surface area contributed by atoms with Crippen LogP contribution in [-0.4, -0.2) is 54.8 Å². The first-order valence-corrected chi connectivity index (χ1v) is 9.44. The molecular formula is C13H23N6O4P. The molecule has 10 nitrogen and oxygen atoms in total. The first kappa shape index (κ1) is 18.6. The van der Waals surface area contributed by atoms with E-state index in [1.807, 2.05) is 18.7 Å². The summed E-state index contributed by atoms with van der Waals surface area (Å²) in [4.78, 5) is 32.7. The predicted molar refractivity (Wildman–Crippen MR) is 90.8 cm³/mol. The van der Waals surface area contributed by atoms with Gasteiger partial charge in [-0.3, -0.25) is 4.57 Å². The number of anilines is 2. The van der Waals surface area contributed by atoms with Gasteiger partial charge in [0.2, 0.25) is 5.95 Å². The monoisotopic (exact) mass is 358 g/mol. The second-order valence-corrected chi connectivity index (χ2v) is 7.01. The molecule has 1 unspecified atom stereocenters. The minimum absolute atomic E-state index is 0.148. The number of imidazole rings is 1. The van der Waals surface area contributed by atoms with Crippen molar-refractivity contribution in [2.45, 2.75) is 33.4 Å². The van der Waals surface area contributed by atoms with Crippen molar-refractivity contribution < 1.29 is 19.1 Å². The van der Waals surface area contributed by atoms with Gasteiger partial charge in [-0.05, 0) is 20.8 Å². The lowest BCUT2D eigenvalue weighted by Crippen LogP contribution is -2.24. The van der Waals surface area contributed by atoms with Gasteiger partial charge in [0.05, 0.1) is 19.0 Å². The molecule has 0 aromatic carbocycles. The van der Waals surface area contributed by atoms with E-state index in [9.17, 15) is 4.57 Å². The van der Waals surface area contributed by atoms with Crippen LogP contribution in [0.1, 0.15) is 20.8 Å². The van der Waals surface area contributed by atoms with E-state index in [1.54, 1.807) is 17.8 Å². The highest BCUT2D eigenvalue weighted by Gasteiger charge is 2.19. The number of rotatable bonds is 8. The van der Waals surface area contributed by atoms with Crippen molar-refractivity contribution in [3.05, 3.63) is 6.33 Å². The van der Waals surface area contributed by atoms with E-state index >= 15 is 0 Å². The van der Waals surface area contributed by atoms with Crippen molar-refractivity contribution in [2.24, 2.45) is 0 Å². The molecule has 0 saturated carbocycles. The third-order valence-corrected chi connectivity index (χ3v) is 3.99. The van der Waals surface area contributed by atoms with Crippen LogP contribution in [-0.2, 0) is 15.8 Å². The van der Waals surface area contributed by atoms with E-state index in [-0.39, 0.29) is 5.95 Å². The molecule has 0 amide bonds. The molecule has 4 N–H and O–H groups in total. The number of ether oxygens (including phenoxy) is 1. The molecule has 0 spiro atoms. The van der Waals surface area contributed by atoms with Crippen LogP contribution >= 0.6 is 7.60 Å². The van der Waals surface area contributed by atoms with Gasteiger partial charge in [0, 0.05) is 13.1 Å². The van der Waals surface area contributed by atoms with Gasteiger partial charge >= 0.3 is 7.60 Å². The lowest BCUT2D eigenvalue weighted by Gasteiger charge is -2.20. The average Bonchev–Trinajstić information content (AvgIpc) is 2.88. The molecule has 2 aromatic rings. The van der Waals surface area contributed by atoms with Crippen molar-refractivity contribution in [2.75, 3.05) is 30.1 Å². The van der Waals surface area contributed by atoms with Crippen LogP contribution in [0, 0.1) is 0 Å². The van der Waals surface area contributed by atoms with Crippen LogP contribution in [0.15, 0.2) is 6.33 Å². The van der Waals surface area contributed by atoms with Crippen molar-refractivity contribution in [3.8, 4) is 0 Å². The molecule has 0 bridgehead atoms. The quantitative estimate of drug-likeness (QED) is 0.584. The maximum Gasteiger partial charge on any atom is 0.350 e. The van der Waals surface area contributed by atoms with Gasteiger partial charge < -0.3 is 29.7 Å². The second-order valence-electron chi connectivity index (χ2n) is 5.42. The maximum atomic E-state index is 10.9. The topological polar surface area (TPSA) is 140 Å². The Kier molecular flexibility index (Phi) is 5.76. The molecule has 24 heavy (non-hydrogen) atoms. The summed E-state index contributed by atoms with van der Waals surface area (Å²) in [7, 11) is -4.19. The van der Waals surface area contributed by atoms with Crippen molar-refractivity contribution in [1.29, 1.82) is 0 Å². The molecule has 0 aliphatic rings. The molecule has 2 aromatic heterocycles. The molecule has 1 atom stereocenters. The molecule has 2 heterocycles. The van der Waals surface area contributed by atoms with Gasteiger partial charge in [-0.1, -0.05) is 0 Å². The molecule has 0 fully saturated rings. The highest BCUT2D eigenvalue weighted by molar-refractivity contribution is 7.51. The molecule has 134 valence electrons. The highest BCUT2D eigenvalue weighted by Crippen LogP contribution is 2.34. The van der Waals surface area contributed by atoms with Gasteiger partial charge in [0.1, 0.15) is 6.35 Å². The summed E-state index contributed by atoms with van der Waals surface area (Å²) in [6.45, 7) is 7.61. The smallest absolute Gasteiger partial charge is 0.350 e. The van der Waals surface area contributed by atoms with Crippen molar-refractivity contribution in [3.63, 3.8) is 0 Å². The number of nitrogens with two attached hydrogens (primary N) is 1. The Morgan fingerprint density at radius 2 is 2.04 bits per heavy atom. The summed E-state index contributed by atoms with van der Waals surface area (Å²) >= 11 is 0. The fourth-order valence-corrected chi connectivity index (χ4v) is 2.83. The Morgan fingerprint density at radius 1 is 1.38 bits per heavy atom. The fourth-order valence-electron chi connectivity index (χ4n) is 2.38. The Labute approximate surface area is 139 Å². The third kappa shape index (κ3) is 4.41. The summed E-state index contributed by atoms with van der Waals surface area (Å²) in [5.74, 6) is 0.819. The fraction of sp³-hybridized carbons (Fsp3) is 0.615. The van der Waals surface area contributed by atoms with Gasteiger partial charge in [-0.25, -0.2) is 4.98 Å². The molecule has 0 aliphatic carbocycles. The number of hydrogen-bond acceptors (Lipinski definition) is 7. The summed E-state index contributed by atoms with van der Waals surface area (Å²) in [6, 6.07) is 0. The van der Waals surface area contributed by atoms with Crippen molar-refractivity contribution in [1.82, 2.24) is 19.5 Å². The normalized spacial score (nSPS) is 13.4. The number of nitrogen functional groups attached to an aromatic ring is 1. The van der Waals surface area contributed by atoms with E-state index in [4.69, 9.17) is 20.3 Å². The van der Waals surface area contributed by atoms with E-state index in [2.05, 4.69) is 15.0 Å². The molecule has 2 rings (SSSR count). The Bertz CT molecular complexity index is 741. The summed E-state index contributed by atoms with van der Waals surface area (Å²) < 4.78 is 17.8. The lowest BCUT2D eigenvalue weighted by molar-refractivity contribution is 0.0764. The van der Waals surface area contributed by atoms with Crippen molar-refractivity contribution >= 4 is 30.5 Å². The van der Waals surface area contributed by atoms with Gasteiger partial charge in [0.15, 0.2) is 17.0 Å². The van der Waals surface area contributed by atoms with Crippen LogP contribution in [0.25, 0.3) is 11.2 Å². The first-order valence-electron chi connectivity index (χ1n) is 7.64. The zero-order valence-corrected chi connectivity index (χ0v) is 14.8. The number of fused-ring (bicyclic) bond motifs is 1. The van der Waals surface area contributed by atoms with Gasteiger partial charge in [0.25, 0.3) is 0 Å².